The molecule has 0 saturated heterocycles. The van der Waals surface area contributed by atoms with Gasteiger partial charge < -0.3 is 5.32 Å². The number of sulfone groups is 1. The van der Waals surface area contributed by atoms with Crippen molar-refractivity contribution < 1.29 is 13.2 Å². The standard InChI is InChI=1S/C18H17NO3S2/c1-12(13-7-9-15(10-8-13)24(2,21)22)19-18(20)17-11-14-5-3-4-6-16(14)23-17/h3-12H,1-2H3,(H,19,20). The molecule has 1 N–H and O–H groups in total. The van der Waals surface area contributed by atoms with Crippen molar-refractivity contribution in [1.82, 2.24) is 5.32 Å². The molecule has 0 aliphatic rings. The van der Waals surface area contributed by atoms with Crippen LogP contribution < -0.4 is 5.32 Å². The largest absolute Gasteiger partial charge is 0.345 e. The van der Waals surface area contributed by atoms with Crippen molar-refractivity contribution in [3.05, 3.63) is 65.0 Å². The molecular weight excluding hydrogens is 342 g/mol. The van der Waals surface area contributed by atoms with Crippen molar-refractivity contribution in [2.45, 2.75) is 17.9 Å². The van der Waals surface area contributed by atoms with Crippen molar-refractivity contribution in [1.29, 1.82) is 0 Å². The average Bonchev–Trinajstić information content (AvgIpc) is 2.98. The second-order valence-electron chi connectivity index (χ2n) is 5.68. The molecule has 1 unspecified atom stereocenters. The summed E-state index contributed by atoms with van der Waals surface area (Å²) in [5, 5.41) is 4.01. The van der Waals surface area contributed by atoms with Gasteiger partial charge in [-0.25, -0.2) is 8.42 Å². The molecule has 0 spiro atoms. The van der Waals surface area contributed by atoms with Crippen molar-refractivity contribution in [2.75, 3.05) is 6.26 Å². The molecule has 1 atom stereocenters. The quantitative estimate of drug-likeness (QED) is 0.771. The van der Waals surface area contributed by atoms with Crippen LogP contribution >= 0.6 is 11.3 Å². The average molecular weight is 359 g/mol. The van der Waals surface area contributed by atoms with Gasteiger partial charge in [0, 0.05) is 11.0 Å². The molecular formula is C18H17NO3S2. The maximum absolute atomic E-state index is 12.4. The van der Waals surface area contributed by atoms with Gasteiger partial charge in [0.15, 0.2) is 9.84 Å². The first-order valence-corrected chi connectivity index (χ1v) is 10.1. The minimum absolute atomic E-state index is 0.129. The highest BCUT2D eigenvalue weighted by atomic mass is 32.2. The second kappa shape index (κ2) is 6.37. The molecule has 0 aliphatic carbocycles. The Kier molecular flexibility index (Phi) is 4.43. The second-order valence-corrected chi connectivity index (χ2v) is 8.78. The lowest BCUT2D eigenvalue weighted by molar-refractivity contribution is 0.0944. The number of nitrogens with one attached hydrogen (secondary N) is 1. The number of carbonyl (C=O) groups is 1. The topological polar surface area (TPSA) is 63.2 Å². The summed E-state index contributed by atoms with van der Waals surface area (Å²) in [7, 11) is -3.21. The van der Waals surface area contributed by atoms with E-state index in [1.165, 1.54) is 17.6 Å². The Morgan fingerprint density at radius 3 is 2.38 bits per heavy atom. The first kappa shape index (κ1) is 16.7. The van der Waals surface area contributed by atoms with E-state index in [9.17, 15) is 13.2 Å². The van der Waals surface area contributed by atoms with Crippen LogP contribution in [0.5, 0.6) is 0 Å². The molecule has 6 heteroatoms. The molecule has 4 nitrogen and oxygen atoms in total. The smallest absolute Gasteiger partial charge is 0.261 e. The fourth-order valence-electron chi connectivity index (χ4n) is 2.45. The van der Waals surface area contributed by atoms with Gasteiger partial charge in [-0.1, -0.05) is 30.3 Å². The zero-order valence-corrected chi connectivity index (χ0v) is 14.9. The number of amides is 1. The molecule has 3 rings (SSSR count). The van der Waals surface area contributed by atoms with Gasteiger partial charge in [0.2, 0.25) is 0 Å². The number of fused-ring (bicyclic) bond motifs is 1. The molecule has 0 aliphatic heterocycles. The molecule has 1 amide bonds. The predicted molar refractivity (Wildman–Crippen MR) is 97.3 cm³/mol. The van der Waals surface area contributed by atoms with Gasteiger partial charge in [0.1, 0.15) is 0 Å². The number of carbonyl (C=O) groups excluding carboxylic acids is 1. The number of hydrogen-bond acceptors (Lipinski definition) is 4. The van der Waals surface area contributed by atoms with Gasteiger partial charge in [0.25, 0.3) is 5.91 Å². The molecule has 124 valence electrons. The highest BCUT2D eigenvalue weighted by Gasteiger charge is 2.15. The van der Waals surface area contributed by atoms with E-state index in [1.54, 1.807) is 24.3 Å². The van der Waals surface area contributed by atoms with Gasteiger partial charge in [-0.3, -0.25) is 4.79 Å². The Bertz CT molecular complexity index is 956. The maximum Gasteiger partial charge on any atom is 0.261 e. The molecule has 24 heavy (non-hydrogen) atoms. The van der Waals surface area contributed by atoms with E-state index in [4.69, 9.17) is 0 Å². The van der Waals surface area contributed by atoms with Gasteiger partial charge >= 0.3 is 0 Å². The van der Waals surface area contributed by atoms with E-state index >= 15 is 0 Å². The lowest BCUT2D eigenvalue weighted by atomic mass is 10.1. The van der Waals surface area contributed by atoms with Gasteiger partial charge in [-0.05, 0) is 42.1 Å². The van der Waals surface area contributed by atoms with Crippen LogP contribution in [0.3, 0.4) is 0 Å². The Morgan fingerprint density at radius 2 is 1.75 bits per heavy atom. The van der Waals surface area contributed by atoms with Crippen LogP contribution in [0.4, 0.5) is 0 Å². The summed E-state index contributed by atoms with van der Waals surface area (Å²) in [6.07, 6.45) is 1.18. The maximum atomic E-state index is 12.4. The number of hydrogen-bond donors (Lipinski definition) is 1. The van der Waals surface area contributed by atoms with E-state index in [-0.39, 0.29) is 16.8 Å². The zero-order valence-electron chi connectivity index (χ0n) is 13.3. The highest BCUT2D eigenvalue weighted by molar-refractivity contribution is 7.90. The van der Waals surface area contributed by atoms with E-state index in [1.807, 2.05) is 37.3 Å². The first-order valence-electron chi connectivity index (χ1n) is 7.44. The van der Waals surface area contributed by atoms with Gasteiger partial charge in [-0.2, -0.15) is 0 Å². The Labute approximate surface area is 145 Å². The summed E-state index contributed by atoms with van der Waals surface area (Å²) in [6, 6.07) is 16.1. The molecule has 1 aromatic heterocycles. The third-order valence-corrected chi connectivity index (χ3v) is 6.05. The van der Waals surface area contributed by atoms with Crippen LogP contribution in [0, 0.1) is 0 Å². The highest BCUT2D eigenvalue weighted by Crippen LogP contribution is 2.26. The normalized spacial score (nSPS) is 12.9. The summed E-state index contributed by atoms with van der Waals surface area (Å²) in [5.41, 5.74) is 0.858. The molecule has 0 radical (unpaired) electrons. The summed E-state index contributed by atoms with van der Waals surface area (Å²) < 4.78 is 24.1. The molecule has 0 fully saturated rings. The summed E-state index contributed by atoms with van der Waals surface area (Å²) in [4.78, 5) is 13.4. The van der Waals surface area contributed by atoms with Gasteiger partial charge in [0.05, 0.1) is 15.8 Å². The lowest BCUT2D eigenvalue weighted by Crippen LogP contribution is -2.25. The summed E-state index contributed by atoms with van der Waals surface area (Å²) >= 11 is 1.46. The SMILES string of the molecule is CC(NC(=O)c1cc2ccccc2s1)c1ccc(S(C)(=O)=O)cc1. The Balaban J connectivity index is 1.76. The predicted octanol–water partition coefficient (Wildman–Crippen LogP) is 3.80. The van der Waals surface area contributed by atoms with Crippen LogP contribution in [0.15, 0.2) is 59.5 Å². The van der Waals surface area contributed by atoms with Crippen LogP contribution in [0.2, 0.25) is 0 Å². The lowest BCUT2D eigenvalue weighted by Gasteiger charge is -2.14. The Hall–Kier alpha value is -2.18. The third kappa shape index (κ3) is 3.49. The number of rotatable bonds is 4. The summed E-state index contributed by atoms with van der Waals surface area (Å²) in [5.74, 6) is -0.129. The van der Waals surface area contributed by atoms with Crippen molar-refractivity contribution in [3.8, 4) is 0 Å². The monoisotopic (exact) mass is 359 g/mol. The first-order chi connectivity index (χ1) is 11.3. The van der Waals surface area contributed by atoms with Crippen LogP contribution in [0.25, 0.3) is 10.1 Å². The fourth-order valence-corrected chi connectivity index (χ4v) is 4.04. The van der Waals surface area contributed by atoms with E-state index in [0.29, 0.717) is 4.88 Å². The van der Waals surface area contributed by atoms with Gasteiger partial charge in [-0.15, -0.1) is 11.3 Å². The van der Waals surface area contributed by atoms with Crippen molar-refractivity contribution in [2.24, 2.45) is 0 Å². The fraction of sp³-hybridized carbons (Fsp3) is 0.167. The number of benzene rings is 2. The minimum atomic E-state index is -3.21. The molecule has 2 aromatic carbocycles. The Morgan fingerprint density at radius 1 is 1.08 bits per heavy atom. The third-order valence-electron chi connectivity index (χ3n) is 3.81. The van der Waals surface area contributed by atoms with Crippen LogP contribution in [-0.2, 0) is 9.84 Å². The zero-order chi connectivity index (χ0) is 17.3. The molecule has 1 heterocycles. The van der Waals surface area contributed by atoms with Crippen molar-refractivity contribution in [3.63, 3.8) is 0 Å². The van der Waals surface area contributed by atoms with Crippen LogP contribution in [0.1, 0.15) is 28.2 Å². The van der Waals surface area contributed by atoms with E-state index in [0.717, 1.165) is 15.6 Å². The van der Waals surface area contributed by atoms with Crippen LogP contribution in [-0.4, -0.2) is 20.6 Å². The van der Waals surface area contributed by atoms with Crippen molar-refractivity contribution >= 4 is 37.2 Å². The minimum Gasteiger partial charge on any atom is -0.345 e. The van der Waals surface area contributed by atoms with E-state index in [2.05, 4.69) is 5.32 Å². The molecule has 0 saturated carbocycles. The van der Waals surface area contributed by atoms with E-state index < -0.39 is 9.84 Å². The summed E-state index contributed by atoms with van der Waals surface area (Å²) in [6.45, 7) is 1.88. The molecule has 3 aromatic rings. The number of thiophene rings is 1. The molecule has 0 bridgehead atoms.